The summed E-state index contributed by atoms with van der Waals surface area (Å²) in [5, 5.41) is 0. The van der Waals surface area contributed by atoms with Crippen LogP contribution < -0.4 is 0 Å². The molecule has 3 heteroatoms. The molecule has 2 heterocycles. The summed E-state index contributed by atoms with van der Waals surface area (Å²) in [6.45, 7) is 4.85. The summed E-state index contributed by atoms with van der Waals surface area (Å²) in [4.78, 5) is 18.1. The van der Waals surface area contributed by atoms with Gasteiger partial charge >= 0.3 is 0 Å². The van der Waals surface area contributed by atoms with Crippen molar-refractivity contribution in [3.8, 4) is 0 Å². The summed E-state index contributed by atoms with van der Waals surface area (Å²) in [6.07, 6.45) is 6.62. The fourth-order valence-electron chi connectivity index (χ4n) is 4.74. The van der Waals surface area contributed by atoms with Gasteiger partial charge in [0.1, 0.15) is 0 Å². The minimum Gasteiger partial charge on any atom is -0.312 e. The first-order valence-corrected chi connectivity index (χ1v) is 10.4. The predicted molar refractivity (Wildman–Crippen MR) is 114 cm³/mol. The number of hydrogen-bond acceptors (Lipinski definition) is 2. The van der Waals surface area contributed by atoms with Gasteiger partial charge in [-0.15, -0.1) is 0 Å². The highest BCUT2D eigenvalue weighted by Crippen LogP contribution is 2.35. The van der Waals surface area contributed by atoms with Gasteiger partial charge in [0, 0.05) is 36.3 Å². The summed E-state index contributed by atoms with van der Waals surface area (Å²) < 4.78 is 0. The Morgan fingerprint density at radius 1 is 1.07 bits per heavy atom. The van der Waals surface area contributed by atoms with Gasteiger partial charge in [0.25, 0.3) is 5.91 Å². The van der Waals surface area contributed by atoms with E-state index in [0.717, 1.165) is 36.1 Å². The second kappa shape index (κ2) is 7.92. The van der Waals surface area contributed by atoms with Crippen LogP contribution in [0.25, 0.3) is 0 Å². The van der Waals surface area contributed by atoms with Gasteiger partial charge in [0.05, 0.1) is 0 Å². The van der Waals surface area contributed by atoms with Gasteiger partial charge in [0.2, 0.25) is 0 Å². The molecule has 0 spiro atoms. The van der Waals surface area contributed by atoms with E-state index in [1.165, 1.54) is 24.1 Å². The minimum atomic E-state index is 0.137. The predicted octanol–water partition coefficient (Wildman–Crippen LogP) is 4.74. The number of aryl methyl sites for hydroxylation is 2. The molecule has 0 unspecified atom stereocenters. The average Bonchev–Trinajstić information content (AvgIpc) is 2.89. The topological polar surface area (TPSA) is 23.6 Å². The molecule has 4 rings (SSSR count). The lowest BCUT2D eigenvalue weighted by Crippen LogP contribution is -2.41. The van der Waals surface area contributed by atoms with Crippen LogP contribution in [0.5, 0.6) is 0 Å². The second-order valence-corrected chi connectivity index (χ2v) is 8.39. The Bertz CT molecular complexity index is 866. The molecule has 0 aliphatic carbocycles. The van der Waals surface area contributed by atoms with Gasteiger partial charge in [0.15, 0.2) is 0 Å². The fourth-order valence-corrected chi connectivity index (χ4v) is 4.74. The van der Waals surface area contributed by atoms with Gasteiger partial charge in [-0.05, 0) is 63.9 Å². The van der Waals surface area contributed by atoms with Crippen molar-refractivity contribution in [2.45, 2.75) is 51.6 Å². The molecule has 2 aliphatic heterocycles. The number of hydrogen-bond donors (Lipinski definition) is 0. The Labute approximate surface area is 168 Å². The zero-order valence-corrected chi connectivity index (χ0v) is 17.2. The minimum absolute atomic E-state index is 0.137. The van der Waals surface area contributed by atoms with Crippen LogP contribution in [0.4, 0.5) is 0 Å². The number of fused-ring (bicyclic) bond motifs is 2. The quantitative estimate of drug-likeness (QED) is 0.755. The van der Waals surface area contributed by atoms with Gasteiger partial charge in [-0.3, -0.25) is 9.69 Å². The van der Waals surface area contributed by atoms with Crippen LogP contribution in [0.15, 0.2) is 60.3 Å². The third-order valence-corrected chi connectivity index (χ3v) is 6.25. The number of likely N-dealkylation sites (N-methyl/N-ethyl adjacent to an activating group) is 1. The molecule has 0 aromatic heterocycles. The lowest BCUT2D eigenvalue weighted by Gasteiger charge is -2.35. The largest absolute Gasteiger partial charge is 0.312 e. The molecule has 2 bridgehead atoms. The van der Waals surface area contributed by atoms with E-state index in [1.807, 2.05) is 18.2 Å². The van der Waals surface area contributed by atoms with Gasteiger partial charge in [-0.25, -0.2) is 0 Å². The van der Waals surface area contributed by atoms with Crippen molar-refractivity contribution in [3.05, 3.63) is 82.6 Å². The Hall–Kier alpha value is -2.39. The van der Waals surface area contributed by atoms with Crippen molar-refractivity contribution >= 4 is 5.91 Å². The maximum absolute atomic E-state index is 13.6. The number of nitrogens with zero attached hydrogens (tertiary/aromatic N) is 2. The zero-order chi connectivity index (χ0) is 19.7. The van der Waals surface area contributed by atoms with E-state index >= 15 is 0 Å². The van der Waals surface area contributed by atoms with Crippen LogP contribution in [-0.2, 0) is 6.42 Å². The molecule has 0 saturated carbocycles. The fraction of sp³-hybridized carbons (Fsp3) is 0.400. The molecule has 0 N–H and O–H groups in total. The number of benzene rings is 2. The van der Waals surface area contributed by atoms with Crippen molar-refractivity contribution < 1.29 is 4.79 Å². The molecule has 28 heavy (non-hydrogen) atoms. The SMILES string of the molecule is Cc1cc(C)cc(C(=O)N(CCc2ccccc2)C2=C[C@@H]3CC[C@@H](C2)N3C)c1. The summed E-state index contributed by atoms with van der Waals surface area (Å²) in [5.41, 5.74) is 5.58. The highest BCUT2D eigenvalue weighted by molar-refractivity contribution is 5.95. The molecular weight excluding hydrogens is 344 g/mol. The van der Waals surface area contributed by atoms with Crippen LogP contribution >= 0.6 is 0 Å². The lowest BCUT2D eigenvalue weighted by molar-refractivity contribution is 0.0787. The number of rotatable bonds is 5. The first kappa shape index (κ1) is 18.9. The first-order chi connectivity index (χ1) is 13.5. The van der Waals surface area contributed by atoms with E-state index in [2.05, 4.69) is 67.1 Å². The number of amides is 1. The summed E-state index contributed by atoms with van der Waals surface area (Å²) in [6, 6.07) is 17.7. The standard InChI is InChI=1S/C25H30N2O/c1-18-13-19(2)15-21(14-18)25(28)27(12-11-20-7-5-4-6-8-20)24-16-22-9-10-23(17-24)26(22)3/h4-8,13-16,22-23H,9-12,17H2,1-3H3/t22-,23-/m0/s1. The molecule has 3 nitrogen and oxygen atoms in total. The van der Waals surface area contributed by atoms with Crippen molar-refractivity contribution in [1.29, 1.82) is 0 Å². The molecule has 2 aromatic rings. The van der Waals surface area contributed by atoms with Crippen LogP contribution in [-0.4, -0.2) is 41.4 Å². The molecule has 2 atom stereocenters. The normalized spacial score (nSPS) is 21.5. The van der Waals surface area contributed by atoms with Crippen LogP contribution in [0.3, 0.4) is 0 Å². The van der Waals surface area contributed by atoms with Crippen molar-refractivity contribution in [2.75, 3.05) is 13.6 Å². The molecule has 1 saturated heterocycles. The first-order valence-electron chi connectivity index (χ1n) is 10.4. The van der Waals surface area contributed by atoms with Crippen LogP contribution in [0.2, 0.25) is 0 Å². The van der Waals surface area contributed by atoms with Gasteiger partial charge in [-0.2, -0.15) is 0 Å². The smallest absolute Gasteiger partial charge is 0.258 e. The molecule has 0 radical (unpaired) electrons. The highest BCUT2D eigenvalue weighted by atomic mass is 16.2. The molecule has 1 amide bonds. The zero-order valence-electron chi connectivity index (χ0n) is 17.2. The Morgan fingerprint density at radius 2 is 1.79 bits per heavy atom. The third-order valence-electron chi connectivity index (χ3n) is 6.25. The Morgan fingerprint density at radius 3 is 2.46 bits per heavy atom. The van der Waals surface area contributed by atoms with Crippen LogP contribution in [0, 0.1) is 13.8 Å². The number of carbonyl (C=O) groups excluding carboxylic acids is 1. The average molecular weight is 375 g/mol. The van der Waals surface area contributed by atoms with E-state index in [0.29, 0.717) is 12.1 Å². The maximum Gasteiger partial charge on any atom is 0.258 e. The molecule has 2 aromatic carbocycles. The Kier molecular flexibility index (Phi) is 5.36. The van der Waals surface area contributed by atoms with Crippen molar-refractivity contribution in [3.63, 3.8) is 0 Å². The van der Waals surface area contributed by atoms with Crippen molar-refractivity contribution in [2.24, 2.45) is 0 Å². The van der Waals surface area contributed by atoms with Gasteiger partial charge in [-0.1, -0.05) is 47.5 Å². The second-order valence-electron chi connectivity index (χ2n) is 8.39. The summed E-state index contributed by atoms with van der Waals surface area (Å²) in [7, 11) is 2.22. The van der Waals surface area contributed by atoms with Gasteiger partial charge < -0.3 is 4.90 Å². The van der Waals surface area contributed by atoms with E-state index < -0.39 is 0 Å². The monoisotopic (exact) mass is 374 g/mol. The summed E-state index contributed by atoms with van der Waals surface area (Å²) in [5.74, 6) is 0.137. The molecule has 146 valence electrons. The van der Waals surface area contributed by atoms with E-state index in [9.17, 15) is 4.79 Å². The van der Waals surface area contributed by atoms with E-state index in [1.54, 1.807) is 0 Å². The molecular formula is C25H30N2O. The van der Waals surface area contributed by atoms with Crippen molar-refractivity contribution in [1.82, 2.24) is 9.80 Å². The summed E-state index contributed by atoms with van der Waals surface area (Å²) >= 11 is 0. The Balaban J connectivity index is 1.63. The molecule has 1 fully saturated rings. The number of carbonyl (C=O) groups is 1. The van der Waals surface area contributed by atoms with Crippen LogP contribution in [0.1, 0.15) is 46.3 Å². The van der Waals surface area contributed by atoms with E-state index in [4.69, 9.17) is 0 Å². The molecule has 2 aliphatic rings. The van der Waals surface area contributed by atoms with E-state index in [-0.39, 0.29) is 5.91 Å². The third kappa shape index (κ3) is 3.90. The maximum atomic E-state index is 13.6. The highest BCUT2D eigenvalue weighted by Gasteiger charge is 2.36. The lowest BCUT2D eigenvalue weighted by atomic mass is 10.0.